The molecule has 3 heterocycles. The zero-order valence-electron chi connectivity index (χ0n) is 17.4. The van der Waals surface area contributed by atoms with Crippen LogP contribution in [0.25, 0.3) is 17.0 Å². The van der Waals surface area contributed by atoms with E-state index in [4.69, 9.17) is 4.74 Å². The van der Waals surface area contributed by atoms with Crippen LogP contribution in [-0.4, -0.2) is 77.5 Å². The van der Waals surface area contributed by atoms with Gasteiger partial charge in [0.1, 0.15) is 0 Å². The smallest absolute Gasteiger partial charge is 0.416 e. The molecule has 160 valence electrons. The molecule has 0 atom stereocenters. The maximum absolute atomic E-state index is 12.8. The first kappa shape index (κ1) is 20.4. The number of carbonyl (C=O) groups excluding carboxylic acids is 1. The lowest BCUT2D eigenvalue weighted by atomic mass is 9.82. The molecule has 1 fully saturated rings. The number of rotatable bonds is 3. The highest BCUT2D eigenvalue weighted by Crippen LogP contribution is 2.39. The van der Waals surface area contributed by atoms with Crippen molar-refractivity contribution in [2.45, 2.75) is 19.3 Å². The zero-order chi connectivity index (χ0) is 21.3. The Morgan fingerprint density at radius 3 is 2.67 bits per heavy atom. The fourth-order valence-electron chi connectivity index (χ4n) is 4.44. The van der Waals surface area contributed by atoms with Gasteiger partial charge in [-0.15, -0.1) is 0 Å². The molecule has 8 heteroatoms. The summed E-state index contributed by atoms with van der Waals surface area (Å²) in [6, 6.07) is 7.34. The number of fused-ring (bicyclic) bond motifs is 3. The Hall–Kier alpha value is -2.84. The average Bonchev–Trinajstić information content (AvgIpc) is 2.99. The zero-order valence-corrected chi connectivity index (χ0v) is 17.4. The van der Waals surface area contributed by atoms with Crippen LogP contribution in [0.4, 0.5) is 9.59 Å². The lowest BCUT2D eigenvalue weighted by Crippen LogP contribution is -2.46. The monoisotopic (exact) mass is 412 g/mol. The summed E-state index contributed by atoms with van der Waals surface area (Å²) in [5, 5.41) is 13.7. The topological polar surface area (TPSA) is 87.0 Å². The molecule has 2 aromatic rings. The number of carboxylic acid groups (broad SMARTS) is 1. The van der Waals surface area contributed by atoms with E-state index in [0.29, 0.717) is 24.3 Å². The molecule has 30 heavy (non-hydrogen) atoms. The second-order valence-electron chi connectivity index (χ2n) is 8.41. The molecule has 0 spiro atoms. The minimum absolute atomic E-state index is 0.177. The summed E-state index contributed by atoms with van der Waals surface area (Å²) in [6.45, 7) is 9.11. The number of benzene rings is 1. The van der Waals surface area contributed by atoms with E-state index in [2.05, 4.69) is 10.2 Å². The minimum Gasteiger partial charge on any atom is -0.464 e. The summed E-state index contributed by atoms with van der Waals surface area (Å²) in [6.07, 6.45) is 2.40. The van der Waals surface area contributed by atoms with Crippen molar-refractivity contribution in [3.8, 4) is 0 Å². The lowest BCUT2D eigenvalue weighted by molar-refractivity contribution is 0.0386. The van der Waals surface area contributed by atoms with Gasteiger partial charge in [-0.2, -0.15) is 0 Å². The molecule has 4 rings (SSSR count). The second-order valence-corrected chi connectivity index (χ2v) is 8.41. The Morgan fingerprint density at radius 2 is 1.93 bits per heavy atom. The van der Waals surface area contributed by atoms with Gasteiger partial charge in [0.25, 0.3) is 0 Å². The number of nitrogens with zero attached hydrogens (tertiary/aromatic N) is 3. The van der Waals surface area contributed by atoms with Crippen LogP contribution in [0.5, 0.6) is 0 Å². The van der Waals surface area contributed by atoms with E-state index in [1.807, 2.05) is 38.1 Å². The molecule has 2 amide bonds. The number of morpholine rings is 1. The fraction of sp³-hybridized carbons (Fsp3) is 0.455. The highest BCUT2D eigenvalue weighted by Gasteiger charge is 2.35. The Balaban J connectivity index is 1.56. The molecule has 0 aliphatic carbocycles. The molecule has 0 bridgehead atoms. The third-order valence-corrected chi connectivity index (χ3v) is 5.83. The SMILES string of the molecule is CC1(C)CN(C(=O)NCCN2CCOCC2)C=Cc2c1c1ccccc1n2C(=O)O. The van der Waals surface area contributed by atoms with Crippen molar-refractivity contribution in [2.75, 3.05) is 45.9 Å². The van der Waals surface area contributed by atoms with Crippen LogP contribution < -0.4 is 5.32 Å². The molecule has 1 aromatic carbocycles. The Kier molecular flexibility index (Phi) is 5.53. The lowest BCUT2D eigenvalue weighted by Gasteiger charge is -2.30. The number of carbonyl (C=O) groups is 2. The molecule has 0 radical (unpaired) electrons. The third kappa shape index (κ3) is 3.80. The minimum atomic E-state index is -1.03. The van der Waals surface area contributed by atoms with Gasteiger partial charge in [0.05, 0.1) is 24.4 Å². The fourth-order valence-corrected chi connectivity index (χ4v) is 4.44. The van der Waals surface area contributed by atoms with Crippen molar-refractivity contribution in [1.29, 1.82) is 0 Å². The highest BCUT2D eigenvalue weighted by molar-refractivity contribution is 5.97. The van der Waals surface area contributed by atoms with Gasteiger partial charge in [0.2, 0.25) is 0 Å². The van der Waals surface area contributed by atoms with Crippen molar-refractivity contribution in [1.82, 2.24) is 19.7 Å². The van der Waals surface area contributed by atoms with Gasteiger partial charge in [-0.25, -0.2) is 14.2 Å². The van der Waals surface area contributed by atoms with Crippen LogP contribution in [-0.2, 0) is 10.2 Å². The second kappa shape index (κ2) is 8.12. The van der Waals surface area contributed by atoms with E-state index in [0.717, 1.165) is 43.8 Å². The summed E-state index contributed by atoms with van der Waals surface area (Å²) in [4.78, 5) is 28.7. The number of para-hydroxylation sites is 1. The summed E-state index contributed by atoms with van der Waals surface area (Å²) in [5.41, 5.74) is 1.79. The molecule has 2 aliphatic heterocycles. The van der Waals surface area contributed by atoms with Crippen LogP contribution in [0.15, 0.2) is 30.5 Å². The highest BCUT2D eigenvalue weighted by atomic mass is 16.5. The van der Waals surface area contributed by atoms with Crippen LogP contribution in [0, 0.1) is 0 Å². The summed E-state index contributed by atoms with van der Waals surface area (Å²) < 4.78 is 6.66. The van der Waals surface area contributed by atoms with Gasteiger partial charge in [0.15, 0.2) is 0 Å². The number of ether oxygens (including phenoxy) is 1. The van der Waals surface area contributed by atoms with Crippen LogP contribution in [0.2, 0.25) is 0 Å². The maximum atomic E-state index is 12.8. The summed E-state index contributed by atoms with van der Waals surface area (Å²) in [7, 11) is 0. The number of aromatic nitrogens is 1. The number of nitrogens with one attached hydrogen (secondary N) is 1. The van der Waals surface area contributed by atoms with Crippen molar-refractivity contribution in [3.05, 3.63) is 41.7 Å². The molecule has 0 saturated carbocycles. The Labute approximate surface area is 175 Å². The molecule has 8 nitrogen and oxygen atoms in total. The van der Waals surface area contributed by atoms with Crippen molar-refractivity contribution >= 4 is 29.1 Å². The summed E-state index contributed by atoms with van der Waals surface area (Å²) >= 11 is 0. The van der Waals surface area contributed by atoms with Gasteiger partial charge >= 0.3 is 12.1 Å². The predicted molar refractivity (Wildman–Crippen MR) is 115 cm³/mol. The van der Waals surface area contributed by atoms with Gasteiger partial charge in [0, 0.05) is 49.7 Å². The van der Waals surface area contributed by atoms with E-state index in [-0.39, 0.29) is 6.03 Å². The molecule has 1 aromatic heterocycles. The molecule has 2 aliphatic rings. The number of hydrogen-bond donors (Lipinski definition) is 2. The molecule has 2 N–H and O–H groups in total. The normalized spacial score (nSPS) is 18.8. The number of urea groups is 1. The molecule has 0 unspecified atom stereocenters. The molecular formula is C22H28N4O4. The van der Waals surface area contributed by atoms with E-state index in [1.54, 1.807) is 17.2 Å². The third-order valence-electron chi connectivity index (χ3n) is 5.83. The average molecular weight is 412 g/mol. The van der Waals surface area contributed by atoms with Gasteiger partial charge in [-0.1, -0.05) is 32.0 Å². The van der Waals surface area contributed by atoms with E-state index < -0.39 is 11.5 Å². The largest absolute Gasteiger partial charge is 0.464 e. The first-order valence-electron chi connectivity index (χ1n) is 10.3. The Morgan fingerprint density at radius 1 is 1.20 bits per heavy atom. The van der Waals surface area contributed by atoms with Crippen LogP contribution >= 0.6 is 0 Å². The predicted octanol–water partition coefficient (Wildman–Crippen LogP) is 2.77. The number of hydrogen-bond acceptors (Lipinski definition) is 4. The first-order chi connectivity index (χ1) is 14.4. The summed E-state index contributed by atoms with van der Waals surface area (Å²) in [5.74, 6) is 0. The van der Waals surface area contributed by atoms with Crippen molar-refractivity contribution in [2.24, 2.45) is 0 Å². The van der Waals surface area contributed by atoms with E-state index in [1.165, 1.54) is 4.57 Å². The molecular weight excluding hydrogens is 384 g/mol. The van der Waals surface area contributed by atoms with Gasteiger partial charge in [-0.3, -0.25) is 4.90 Å². The van der Waals surface area contributed by atoms with Crippen molar-refractivity contribution in [3.63, 3.8) is 0 Å². The standard InChI is InChI=1S/C22H28N4O4/c1-22(2)15-25(20(27)23-8-10-24-11-13-30-14-12-24)9-7-18-19(22)16-5-3-4-6-17(16)26(18)21(28)29/h3-7,9H,8,10-15H2,1-2H3,(H,23,27)(H,28,29). The van der Waals surface area contributed by atoms with Gasteiger partial charge in [-0.05, 0) is 17.7 Å². The van der Waals surface area contributed by atoms with Crippen LogP contribution in [0.3, 0.4) is 0 Å². The van der Waals surface area contributed by atoms with Crippen LogP contribution in [0.1, 0.15) is 25.1 Å². The molecule has 1 saturated heterocycles. The van der Waals surface area contributed by atoms with Gasteiger partial charge < -0.3 is 20.1 Å². The Bertz CT molecular complexity index is 988. The van der Waals surface area contributed by atoms with E-state index >= 15 is 0 Å². The quantitative estimate of drug-likeness (QED) is 0.810. The van der Waals surface area contributed by atoms with Crippen molar-refractivity contribution < 1.29 is 19.4 Å². The van der Waals surface area contributed by atoms with E-state index in [9.17, 15) is 14.7 Å². The maximum Gasteiger partial charge on any atom is 0.416 e. The first-order valence-corrected chi connectivity index (χ1v) is 10.3. The number of amides is 2.